The van der Waals surface area contributed by atoms with E-state index in [1.807, 2.05) is 0 Å². The van der Waals surface area contributed by atoms with Crippen LogP contribution in [-0.2, 0) is 4.79 Å². The van der Waals surface area contributed by atoms with Crippen molar-refractivity contribution >= 4 is 34.7 Å². The molecule has 0 fully saturated rings. The molecule has 0 saturated heterocycles. The van der Waals surface area contributed by atoms with Crippen molar-refractivity contribution in [2.45, 2.75) is 6.92 Å². The molecule has 6 nitrogen and oxygen atoms in total. The number of anilines is 3. The van der Waals surface area contributed by atoms with Gasteiger partial charge in [-0.05, 0) is 12.1 Å². The Morgan fingerprint density at radius 2 is 1.91 bits per heavy atom. The van der Waals surface area contributed by atoms with Crippen LogP contribution in [0.5, 0.6) is 11.5 Å². The topological polar surface area (TPSA) is 72.5 Å². The first-order chi connectivity index (χ1) is 10.5. The van der Waals surface area contributed by atoms with Crippen LogP contribution in [0, 0.1) is 0 Å². The van der Waals surface area contributed by atoms with E-state index in [1.165, 1.54) is 6.92 Å². The van der Waals surface area contributed by atoms with Crippen molar-refractivity contribution in [3.8, 4) is 11.5 Å². The second-order valence-electron chi connectivity index (χ2n) is 4.43. The van der Waals surface area contributed by atoms with Crippen molar-refractivity contribution in [2.24, 2.45) is 0 Å². The normalized spacial score (nSPS) is 10.0. The van der Waals surface area contributed by atoms with Gasteiger partial charge in [0.1, 0.15) is 17.3 Å². The van der Waals surface area contributed by atoms with E-state index < -0.39 is 0 Å². The van der Waals surface area contributed by atoms with Crippen LogP contribution < -0.4 is 20.1 Å². The van der Waals surface area contributed by atoms with E-state index in [1.54, 1.807) is 44.7 Å². The fourth-order valence-corrected chi connectivity index (χ4v) is 2.07. The summed E-state index contributed by atoms with van der Waals surface area (Å²) in [5.74, 6) is 1.43. The molecule has 0 spiro atoms. The molecule has 22 heavy (non-hydrogen) atoms. The third kappa shape index (κ3) is 3.79. The molecule has 0 aliphatic rings. The van der Waals surface area contributed by atoms with Crippen LogP contribution in [0.15, 0.2) is 30.5 Å². The second-order valence-corrected chi connectivity index (χ2v) is 4.83. The van der Waals surface area contributed by atoms with Gasteiger partial charge in [0.25, 0.3) is 0 Å². The van der Waals surface area contributed by atoms with Crippen LogP contribution in [-0.4, -0.2) is 25.1 Å². The number of pyridine rings is 1. The number of benzene rings is 1. The molecule has 2 rings (SSSR count). The summed E-state index contributed by atoms with van der Waals surface area (Å²) in [4.78, 5) is 15.1. The Hall–Kier alpha value is -2.47. The number of nitrogens with zero attached hydrogens (tertiary/aromatic N) is 1. The zero-order chi connectivity index (χ0) is 16.1. The summed E-state index contributed by atoms with van der Waals surface area (Å²) >= 11 is 6.07. The summed E-state index contributed by atoms with van der Waals surface area (Å²) < 4.78 is 10.5. The molecule has 0 radical (unpaired) electrons. The molecule has 1 aromatic heterocycles. The van der Waals surface area contributed by atoms with E-state index in [0.717, 1.165) is 5.69 Å². The highest BCUT2D eigenvalue weighted by atomic mass is 35.5. The van der Waals surface area contributed by atoms with Crippen LogP contribution >= 0.6 is 11.6 Å². The standard InChI is InChI=1S/C15H16ClN3O3/c1-9(20)18-15-5-4-10(8-17-15)19-12-7-13(21-2)11(16)6-14(12)22-3/h4-8,19H,1-3H3,(H,17,18,20). The SMILES string of the molecule is COc1cc(Nc2ccc(NC(C)=O)nc2)c(OC)cc1Cl. The minimum Gasteiger partial charge on any atom is -0.495 e. The Morgan fingerprint density at radius 3 is 2.45 bits per heavy atom. The number of ether oxygens (including phenoxy) is 2. The van der Waals surface area contributed by atoms with E-state index in [2.05, 4.69) is 15.6 Å². The molecule has 0 unspecified atom stereocenters. The van der Waals surface area contributed by atoms with E-state index in [4.69, 9.17) is 21.1 Å². The summed E-state index contributed by atoms with van der Waals surface area (Å²) in [5.41, 5.74) is 1.43. The zero-order valence-electron chi connectivity index (χ0n) is 12.4. The van der Waals surface area contributed by atoms with Crippen LogP contribution in [0.25, 0.3) is 0 Å². The minimum atomic E-state index is -0.169. The molecule has 0 aliphatic heterocycles. The lowest BCUT2D eigenvalue weighted by molar-refractivity contribution is -0.114. The molecule has 1 aromatic carbocycles. The number of carbonyl (C=O) groups excluding carboxylic acids is 1. The number of amides is 1. The number of halogens is 1. The summed E-state index contributed by atoms with van der Waals surface area (Å²) in [5, 5.41) is 6.23. The maximum atomic E-state index is 11.0. The molecule has 2 N–H and O–H groups in total. The van der Waals surface area contributed by atoms with Crippen LogP contribution in [0.3, 0.4) is 0 Å². The monoisotopic (exact) mass is 321 g/mol. The lowest BCUT2D eigenvalue weighted by Gasteiger charge is -2.14. The van der Waals surface area contributed by atoms with Crippen molar-refractivity contribution in [3.63, 3.8) is 0 Å². The highest BCUT2D eigenvalue weighted by molar-refractivity contribution is 6.32. The second kappa shape index (κ2) is 7.00. The summed E-state index contributed by atoms with van der Waals surface area (Å²) in [6, 6.07) is 6.90. The maximum Gasteiger partial charge on any atom is 0.222 e. The van der Waals surface area contributed by atoms with Crippen molar-refractivity contribution in [1.82, 2.24) is 4.98 Å². The first-order valence-electron chi connectivity index (χ1n) is 6.45. The van der Waals surface area contributed by atoms with Gasteiger partial charge in [0, 0.05) is 19.1 Å². The van der Waals surface area contributed by atoms with Gasteiger partial charge in [0.05, 0.1) is 36.8 Å². The van der Waals surface area contributed by atoms with E-state index in [9.17, 15) is 4.79 Å². The Bertz CT molecular complexity index is 674. The van der Waals surface area contributed by atoms with Crippen LogP contribution in [0.1, 0.15) is 6.92 Å². The van der Waals surface area contributed by atoms with Gasteiger partial charge >= 0.3 is 0 Å². The number of hydrogen-bond donors (Lipinski definition) is 2. The zero-order valence-corrected chi connectivity index (χ0v) is 13.2. The highest BCUT2D eigenvalue weighted by Gasteiger charge is 2.10. The van der Waals surface area contributed by atoms with Crippen LogP contribution in [0.4, 0.5) is 17.2 Å². The summed E-state index contributed by atoms with van der Waals surface area (Å²) in [7, 11) is 3.10. The molecule has 1 heterocycles. The molecule has 7 heteroatoms. The molecule has 0 atom stereocenters. The fraction of sp³-hybridized carbons (Fsp3) is 0.200. The summed E-state index contributed by atoms with van der Waals surface area (Å²) in [6.45, 7) is 1.43. The number of aromatic nitrogens is 1. The third-order valence-corrected chi connectivity index (χ3v) is 3.12. The largest absolute Gasteiger partial charge is 0.495 e. The lowest BCUT2D eigenvalue weighted by atomic mass is 10.2. The molecule has 116 valence electrons. The third-order valence-electron chi connectivity index (χ3n) is 2.82. The first kappa shape index (κ1) is 15.9. The van der Waals surface area contributed by atoms with E-state index in [0.29, 0.717) is 28.0 Å². The van der Waals surface area contributed by atoms with Gasteiger partial charge in [-0.25, -0.2) is 4.98 Å². The maximum absolute atomic E-state index is 11.0. The van der Waals surface area contributed by atoms with Gasteiger partial charge in [-0.2, -0.15) is 0 Å². The number of rotatable bonds is 5. The average molecular weight is 322 g/mol. The van der Waals surface area contributed by atoms with Crippen molar-refractivity contribution in [2.75, 3.05) is 24.9 Å². The van der Waals surface area contributed by atoms with Crippen molar-refractivity contribution in [3.05, 3.63) is 35.5 Å². The lowest BCUT2D eigenvalue weighted by Crippen LogP contribution is -2.07. The number of carbonyl (C=O) groups is 1. The quantitative estimate of drug-likeness (QED) is 0.882. The van der Waals surface area contributed by atoms with E-state index in [-0.39, 0.29) is 5.91 Å². The molecule has 0 saturated carbocycles. The Labute approximate surface area is 133 Å². The molecular formula is C15H16ClN3O3. The van der Waals surface area contributed by atoms with Gasteiger partial charge in [-0.15, -0.1) is 0 Å². The number of nitrogens with one attached hydrogen (secondary N) is 2. The Morgan fingerprint density at radius 1 is 1.18 bits per heavy atom. The smallest absolute Gasteiger partial charge is 0.222 e. The van der Waals surface area contributed by atoms with Crippen LogP contribution in [0.2, 0.25) is 5.02 Å². The predicted molar refractivity (Wildman–Crippen MR) is 86.4 cm³/mol. The number of hydrogen-bond acceptors (Lipinski definition) is 5. The van der Waals surface area contributed by atoms with E-state index >= 15 is 0 Å². The van der Waals surface area contributed by atoms with Crippen molar-refractivity contribution in [1.29, 1.82) is 0 Å². The molecular weight excluding hydrogens is 306 g/mol. The Kier molecular flexibility index (Phi) is 5.06. The van der Waals surface area contributed by atoms with Crippen molar-refractivity contribution < 1.29 is 14.3 Å². The Balaban J connectivity index is 2.24. The molecule has 0 bridgehead atoms. The first-order valence-corrected chi connectivity index (χ1v) is 6.83. The summed E-state index contributed by atoms with van der Waals surface area (Å²) in [6.07, 6.45) is 1.60. The van der Waals surface area contributed by atoms with Gasteiger partial charge < -0.3 is 20.1 Å². The van der Waals surface area contributed by atoms with Gasteiger partial charge in [0.2, 0.25) is 5.91 Å². The minimum absolute atomic E-state index is 0.169. The fourth-order valence-electron chi connectivity index (χ4n) is 1.84. The van der Waals surface area contributed by atoms with Gasteiger partial charge in [0.15, 0.2) is 0 Å². The molecule has 1 amide bonds. The van der Waals surface area contributed by atoms with Gasteiger partial charge in [-0.1, -0.05) is 11.6 Å². The number of methoxy groups -OCH3 is 2. The molecule has 0 aliphatic carbocycles. The highest BCUT2D eigenvalue weighted by Crippen LogP contribution is 2.37. The van der Waals surface area contributed by atoms with Gasteiger partial charge in [-0.3, -0.25) is 4.79 Å². The average Bonchev–Trinajstić information content (AvgIpc) is 2.50. The predicted octanol–water partition coefficient (Wildman–Crippen LogP) is 3.45. The molecule has 2 aromatic rings.